The lowest BCUT2D eigenvalue weighted by Gasteiger charge is -2.32. The first-order valence-electron chi connectivity index (χ1n) is 5.03. The molecule has 13 heavy (non-hydrogen) atoms. The summed E-state index contributed by atoms with van der Waals surface area (Å²) in [4.78, 5) is 2.22. The minimum absolute atomic E-state index is 0.0579. The molecule has 1 fully saturated rings. The van der Waals surface area contributed by atoms with Gasteiger partial charge in [0.05, 0.1) is 18.2 Å². The van der Waals surface area contributed by atoms with E-state index in [1.807, 2.05) is 13.8 Å². The Bertz CT molecular complexity index is 180. The van der Waals surface area contributed by atoms with Gasteiger partial charge in [0.2, 0.25) is 0 Å². The van der Waals surface area contributed by atoms with Gasteiger partial charge in [-0.2, -0.15) is 5.26 Å². The van der Waals surface area contributed by atoms with Crippen molar-refractivity contribution >= 4 is 0 Å². The van der Waals surface area contributed by atoms with Crippen LogP contribution < -0.4 is 0 Å². The first-order chi connectivity index (χ1) is 6.27. The molecule has 1 aliphatic heterocycles. The standard InChI is InChI=1S/C10H18N2O/c1-3-13-10-4-6-12(7-5-10)9(2)8-11/h9-10H,3-7H2,1-2H3. The number of rotatable bonds is 3. The number of hydrogen-bond acceptors (Lipinski definition) is 3. The maximum Gasteiger partial charge on any atom is 0.0949 e. The average molecular weight is 182 g/mol. The minimum atomic E-state index is 0.0579. The fraction of sp³-hybridized carbons (Fsp3) is 0.900. The van der Waals surface area contributed by atoms with Crippen molar-refractivity contribution in [3.63, 3.8) is 0 Å². The highest BCUT2D eigenvalue weighted by atomic mass is 16.5. The molecule has 74 valence electrons. The van der Waals surface area contributed by atoms with Crippen LogP contribution in [0.1, 0.15) is 26.7 Å². The van der Waals surface area contributed by atoms with E-state index in [2.05, 4.69) is 11.0 Å². The molecule has 0 aromatic carbocycles. The Morgan fingerprint density at radius 3 is 2.62 bits per heavy atom. The zero-order chi connectivity index (χ0) is 9.68. The Hall–Kier alpha value is -0.590. The highest BCUT2D eigenvalue weighted by Gasteiger charge is 2.22. The molecular weight excluding hydrogens is 164 g/mol. The summed E-state index contributed by atoms with van der Waals surface area (Å²) in [5.74, 6) is 0. The van der Waals surface area contributed by atoms with Crippen LogP contribution in [0.3, 0.4) is 0 Å². The number of nitriles is 1. The maximum absolute atomic E-state index is 8.73. The zero-order valence-corrected chi connectivity index (χ0v) is 8.49. The van der Waals surface area contributed by atoms with Crippen molar-refractivity contribution in [2.45, 2.75) is 38.8 Å². The van der Waals surface area contributed by atoms with E-state index in [4.69, 9.17) is 10.00 Å². The van der Waals surface area contributed by atoms with Crippen LogP contribution in [0.5, 0.6) is 0 Å². The Kier molecular flexibility index (Phi) is 4.20. The summed E-state index contributed by atoms with van der Waals surface area (Å²) in [6, 6.07) is 2.32. The van der Waals surface area contributed by atoms with Crippen molar-refractivity contribution in [1.82, 2.24) is 4.90 Å². The molecule has 1 unspecified atom stereocenters. The van der Waals surface area contributed by atoms with Crippen molar-refractivity contribution in [2.75, 3.05) is 19.7 Å². The van der Waals surface area contributed by atoms with Crippen LogP contribution in [0.4, 0.5) is 0 Å². The van der Waals surface area contributed by atoms with E-state index in [9.17, 15) is 0 Å². The molecule has 1 heterocycles. The van der Waals surface area contributed by atoms with Crippen LogP contribution in [0.25, 0.3) is 0 Å². The van der Waals surface area contributed by atoms with Crippen LogP contribution in [-0.4, -0.2) is 36.7 Å². The van der Waals surface area contributed by atoms with E-state index in [1.165, 1.54) is 0 Å². The van der Waals surface area contributed by atoms with Crippen molar-refractivity contribution in [1.29, 1.82) is 5.26 Å². The summed E-state index contributed by atoms with van der Waals surface area (Å²) in [5, 5.41) is 8.73. The average Bonchev–Trinajstić information content (AvgIpc) is 2.18. The second-order valence-electron chi connectivity index (χ2n) is 3.50. The highest BCUT2D eigenvalue weighted by molar-refractivity contribution is 4.90. The largest absolute Gasteiger partial charge is 0.378 e. The molecule has 0 bridgehead atoms. The highest BCUT2D eigenvalue weighted by Crippen LogP contribution is 2.15. The second kappa shape index (κ2) is 5.21. The van der Waals surface area contributed by atoms with Crippen LogP contribution in [0, 0.1) is 11.3 Å². The van der Waals surface area contributed by atoms with Gasteiger partial charge in [0, 0.05) is 19.7 Å². The van der Waals surface area contributed by atoms with Crippen LogP contribution >= 0.6 is 0 Å². The first-order valence-corrected chi connectivity index (χ1v) is 5.03. The fourth-order valence-corrected chi connectivity index (χ4v) is 1.75. The molecule has 1 atom stereocenters. The Morgan fingerprint density at radius 1 is 1.54 bits per heavy atom. The minimum Gasteiger partial charge on any atom is -0.378 e. The fourth-order valence-electron chi connectivity index (χ4n) is 1.75. The summed E-state index contributed by atoms with van der Waals surface area (Å²) in [6.45, 7) is 6.79. The van der Waals surface area contributed by atoms with Gasteiger partial charge in [-0.15, -0.1) is 0 Å². The molecule has 3 nitrogen and oxygen atoms in total. The lowest BCUT2D eigenvalue weighted by molar-refractivity contribution is 0.0106. The topological polar surface area (TPSA) is 36.3 Å². The maximum atomic E-state index is 8.73. The normalized spacial score (nSPS) is 22.5. The van der Waals surface area contributed by atoms with Gasteiger partial charge in [0.1, 0.15) is 0 Å². The second-order valence-corrected chi connectivity index (χ2v) is 3.50. The van der Waals surface area contributed by atoms with Gasteiger partial charge < -0.3 is 4.74 Å². The lowest BCUT2D eigenvalue weighted by atomic mass is 10.1. The third-order valence-corrected chi connectivity index (χ3v) is 2.61. The molecule has 0 aromatic heterocycles. The lowest BCUT2D eigenvalue weighted by Crippen LogP contribution is -2.41. The van der Waals surface area contributed by atoms with Crippen LogP contribution in [0.15, 0.2) is 0 Å². The van der Waals surface area contributed by atoms with Crippen LogP contribution in [-0.2, 0) is 4.74 Å². The van der Waals surface area contributed by atoms with E-state index in [-0.39, 0.29) is 6.04 Å². The van der Waals surface area contributed by atoms with Gasteiger partial charge in [-0.25, -0.2) is 0 Å². The van der Waals surface area contributed by atoms with Gasteiger partial charge in [0.25, 0.3) is 0 Å². The molecule has 0 radical (unpaired) electrons. The molecule has 1 saturated heterocycles. The summed E-state index contributed by atoms with van der Waals surface area (Å²) in [7, 11) is 0. The summed E-state index contributed by atoms with van der Waals surface area (Å²) in [6.07, 6.45) is 2.56. The molecule has 1 rings (SSSR count). The van der Waals surface area contributed by atoms with Crippen molar-refractivity contribution in [3.8, 4) is 6.07 Å². The van der Waals surface area contributed by atoms with Crippen molar-refractivity contribution < 1.29 is 4.74 Å². The summed E-state index contributed by atoms with van der Waals surface area (Å²) in [5.41, 5.74) is 0. The molecule has 0 spiro atoms. The van der Waals surface area contributed by atoms with Gasteiger partial charge in [-0.05, 0) is 26.7 Å². The van der Waals surface area contributed by atoms with E-state index in [0.29, 0.717) is 6.10 Å². The smallest absolute Gasteiger partial charge is 0.0949 e. The molecule has 0 aliphatic carbocycles. The van der Waals surface area contributed by atoms with Crippen molar-refractivity contribution in [3.05, 3.63) is 0 Å². The number of piperidine rings is 1. The zero-order valence-electron chi connectivity index (χ0n) is 8.49. The Balaban J connectivity index is 2.27. The monoisotopic (exact) mass is 182 g/mol. The molecule has 0 aromatic rings. The Labute approximate surface area is 80.3 Å². The summed E-state index contributed by atoms with van der Waals surface area (Å²) < 4.78 is 5.53. The predicted molar refractivity (Wildman–Crippen MR) is 51.3 cm³/mol. The van der Waals surface area contributed by atoms with E-state index in [0.717, 1.165) is 32.5 Å². The van der Waals surface area contributed by atoms with E-state index in [1.54, 1.807) is 0 Å². The van der Waals surface area contributed by atoms with Gasteiger partial charge >= 0.3 is 0 Å². The SMILES string of the molecule is CCOC1CCN(C(C)C#N)CC1. The van der Waals surface area contributed by atoms with Crippen molar-refractivity contribution in [2.24, 2.45) is 0 Å². The number of likely N-dealkylation sites (tertiary alicyclic amines) is 1. The quantitative estimate of drug-likeness (QED) is 0.662. The Morgan fingerprint density at radius 2 is 2.15 bits per heavy atom. The molecule has 0 amide bonds. The number of hydrogen-bond donors (Lipinski definition) is 0. The van der Waals surface area contributed by atoms with E-state index >= 15 is 0 Å². The van der Waals surface area contributed by atoms with Crippen LogP contribution in [0.2, 0.25) is 0 Å². The third-order valence-electron chi connectivity index (χ3n) is 2.61. The predicted octanol–water partition coefficient (Wildman–Crippen LogP) is 1.40. The molecule has 1 aliphatic rings. The van der Waals surface area contributed by atoms with Gasteiger partial charge in [-0.1, -0.05) is 0 Å². The van der Waals surface area contributed by atoms with E-state index < -0.39 is 0 Å². The number of nitrogens with zero attached hydrogens (tertiary/aromatic N) is 2. The van der Waals surface area contributed by atoms with Gasteiger partial charge in [0.15, 0.2) is 0 Å². The summed E-state index contributed by atoms with van der Waals surface area (Å²) >= 11 is 0. The first kappa shape index (κ1) is 10.5. The number of ether oxygens (including phenoxy) is 1. The molecular formula is C10H18N2O. The van der Waals surface area contributed by atoms with Gasteiger partial charge in [-0.3, -0.25) is 4.90 Å². The third kappa shape index (κ3) is 2.98. The molecule has 0 saturated carbocycles. The molecule has 3 heteroatoms. The molecule has 0 N–H and O–H groups in total.